The Kier molecular flexibility index (Phi) is 2.30. The number of rotatable bonds is 1. The lowest BCUT2D eigenvalue weighted by atomic mass is 10.2. The van der Waals surface area contributed by atoms with Gasteiger partial charge in [-0.05, 0) is 18.6 Å². The van der Waals surface area contributed by atoms with Crippen molar-refractivity contribution in [1.82, 2.24) is 5.32 Å². The van der Waals surface area contributed by atoms with Crippen LogP contribution in [0, 0.1) is 18.6 Å². The molecule has 0 bridgehead atoms. The van der Waals surface area contributed by atoms with E-state index in [1.54, 1.807) is 0 Å². The van der Waals surface area contributed by atoms with Gasteiger partial charge in [0, 0.05) is 13.1 Å². The molecule has 1 aliphatic rings. The molecule has 1 heterocycles. The summed E-state index contributed by atoms with van der Waals surface area (Å²) < 4.78 is 27.0. The van der Waals surface area contributed by atoms with E-state index in [4.69, 9.17) is 0 Å². The van der Waals surface area contributed by atoms with E-state index in [0.29, 0.717) is 12.1 Å². The maximum Gasteiger partial charge on any atom is 0.322 e. The number of halogens is 2. The maximum absolute atomic E-state index is 13.6. The molecule has 1 aliphatic heterocycles. The zero-order valence-corrected chi connectivity index (χ0v) is 8.18. The van der Waals surface area contributed by atoms with Crippen molar-refractivity contribution in [3.05, 3.63) is 29.3 Å². The first-order chi connectivity index (χ1) is 7.11. The monoisotopic (exact) mass is 212 g/mol. The molecular weight excluding hydrogens is 202 g/mol. The van der Waals surface area contributed by atoms with Crippen molar-refractivity contribution in [1.29, 1.82) is 0 Å². The summed E-state index contributed by atoms with van der Waals surface area (Å²) in [6.45, 7) is 2.23. The SMILES string of the molecule is Cc1ccc(F)c(N2CCNC2=O)c1F. The van der Waals surface area contributed by atoms with Gasteiger partial charge in [-0.3, -0.25) is 4.90 Å². The Bertz CT molecular complexity index is 420. The van der Waals surface area contributed by atoms with Crippen LogP contribution in [0.1, 0.15) is 5.56 Å². The van der Waals surface area contributed by atoms with Crippen molar-refractivity contribution in [3.63, 3.8) is 0 Å². The van der Waals surface area contributed by atoms with Gasteiger partial charge in [-0.1, -0.05) is 6.07 Å². The second-order valence-corrected chi connectivity index (χ2v) is 3.41. The van der Waals surface area contributed by atoms with E-state index in [1.807, 2.05) is 0 Å². The topological polar surface area (TPSA) is 32.3 Å². The highest BCUT2D eigenvalue weighted by Crippen LogP contribution is 2.26. The highest BCUT2D eigenvalue weighted by atomic mass is 19.1. The van der Waals surface area contributed by atoms with Crippen LogP contribution in [0.25, 0.3) is 0 Å². The van der Waals surface area contributed by atoms with Gasteiger partial charge in [-0.25, -0.2) is 13.6 Å². The van der Waals surface area contributed by atoms with Gasteiger partial charge >= 0.3 is 6.03 Å². The summed E-state index contributed by atoms with van der Waals surface area (Å²) in [4.78, 5) is 12.4. The summed E-state index contributed by atoms with van der Waals surface area (Å²) in [5.41, 5.74) is 0.0658. The fourth-order valence-corrected chi connectivity index (χ4v) is 1.57. The predicted octanol–water partition coefficient (Wildman–Crippen LogP) is 1.80. The molecule has 3 nitrogen and oxygen atoms in total. The fraction of sp³-hybridized carbons (Fsp3) is 0.300. The third-order valence-electron chi connectivity index (χ3n) is 2.39. The summed E-state index contributed by atoms with van der Waals surface area (Å²) in [5.74, 6) is -1.39. The second kappa shape index (κ2) is 3.49. The molecule has 1 aromatic carbocycles. The maximum atomic E-state index is 13.6. The van der Waals surface area contributed by atoms with E-state index < -0.39 is 17.7 Å². The number of aryl methyl sites for hydroxylation is 1. The van der Waals surface area contributed by atoms with E-state index in [0.717, 1.165) is 4.90 Å². The molecular formula is C10H10F2N2O. The van der Waals surface area contributed by atoms with Crippen LogP contribution >= 0.6 is 0 Å². The number of hydrogen-bond donors (Lipinski definition) is 1. The van der Waals surface area contributed by atoms with E-state index in [2.05, 4.69) is 5.32 Å². The first-order valence-electron chi connectivity index (χ1n) is 4.61. The minimum Gasteiger partial charge on any atom is -0.336 e. The number of urea groups is 1. The number of carbonyl (C=O) groups excluding carboxylic acids is 1. The molecule has 5 heteroatoms. The summed E-state index contributed by atoms with van der Waals surface area (Å²) in [5, 5.41) is 2.50. The van der Waals surface area contributed by atoms with Gasteiger partial charge in [0.05, 0.1) is 0 Å². The molecule has 2 rings (SSSR count). The Morgan fingerprint density at radius 1 is 1.40 bits per heavy atom. The summed E-state index contributed by atoms with van der Waals surface area (Å²) in [6.07, 6.45) is 0. The Morgan fingerprint density at radius 3 is 2.73 bits per heavy atom. The molecule has 0 radical (unpaired) electrons. The van der Waals surface area contributed by atoms with E-state index in [-0.39, 0.29) is 12.2 Å². The molecule has 0 atom stereocenters. The second-order valence-electron chi connectivity index (χ2n) is 3.41. The molecule has 80 valence electrons. The molecule has 1 aromatic rings. The Balaban J connectivity index is 2.51. The van der Waals surface area contributed by atoms with Crippen LogP contribution in [0.4, 0.5) is 19.3 Å². The highest BCUT2D eigenvalue weighted by Gasteiger charge is 2.27. The first-order valence-corrected chi connectivity index (χ1v) is 4.61. The molecule has 2 amide bonds. The minimum absolute atomic E-state index is 0.259. The number of nitrogens with zero attached hydrogens (tertiary/aromatic N) is 1. The molecule has 0 spiro atoms. The van der Waals surface area contributed by atoms with Crippen LogP contribution in [0.2, 0.25) is 0 Å². The van der Waals surface area contributed by atoms with Crippen LogP contribution < -0.4 is 10.2 Å². The van der Waals surface area contributed by atoms with Crippen molar-refractivity contribution < 1.29 is 13.6 Å². The summed E-state index contributed by atoms with van der Waals surface area (Å²) in [6, 6.07) is 2.06. The van der Waals surface area contributed by atoms with Gasteiger partial charge < -0.3 is 5.32 Å². The normalized spacial score (nSPS) is 15.7. The quantitative estimate of drug-likeness (QED) is 0.756. The highest BCUT2D eigenvalue weighted by molar-refractivity contribution is 5.94. The zero-order valence-electron chi connectivity index (χ0n) is 8.18. The molecule has 1 saturated heterocycles. The fourth-order valence-electron chi connectivity index (χ4n) is 1.57. The van der Waals surface area contributed by atoms with Crippen molar-refractivity contribution in [2.24, 2.45) is 0 Å². The number of amides is 2. The van der Waals surface area contributed by atoms with Crippen molar-refractivity contribution in [2.75, 3.05) is 18.0 Å². The smallest absolute Gasteiger partial charge is 0.322 e. The van der Waals surface area contributed by atoms with Gasteiger partial charge in [0.15, 0.2) is 5.82 Å². The standard InChI is InChI=1S/C10H10F2N2O/c1-6-2-3-7(11)9(8(6)12)14-5-4-13-10(14)15/h2-3H,4-5H2,1H3,(H,13,15). The number of anilines is 1. The molecule has 0 aromatic heterocycles. The van der Waals surface area contributed by atoms with Gasteiger partial charge in [0.2, 0.25) is 0 Å². The average Bonchev–Trinajstić information content (AvgIpc) is 2.60. The lowest BCUT2D eigenvalue weighted by molar-refractivity contribution is 0.251. The molecule has 15 heavy (non-hydrogen) atoms. The van der Waals surface area contributed by atoms with Gasteiger partial charge in [-0.15, -0.1) is 0 Å². The van der Waals surface area contributed by atoms with Crippen LogP contribution in [0.5, 0.6) is 0 Å². The van der Waals surface area contributed by atoms with Crippen LogP contribution in [0.15, 0.2) is 12.1 Å². The van der Waals surface area contributed by atoms with Gasteiger partial charge in [0.25, 0.3) is 0 Å². The largest absolute Gasteiger partial charge is 0.336 e. The van der Waals surface area contributed by atoms with Crippen LogP contribution in [0.3, 0.4) is 0 Å². The first kappa shape index (κ1) is 9.89. The number of nitrogens with one attached hydrogen (secondary N) is 1. The van der Waals surface area contributed by atoms with E-state index >= 15 is 0 Å². The number of carbonyl (C=O) groups is 1. The molecule has 0 aliphatic carbocycles. The third-order valence-corrected chi connectivity index (χ3v) is 2.39. The lowest BCUT2D eigenvalue weighted by Crippen LogP contribution is -2.29. The number of benzene rings is 1. The van der Waals surface area contributed by atoms with Gasteiger partial charge in [0.1, 0.15) is 11.5 Å². The average molecular weight is 212 g/mol. The Hall–Kier alpha value is -1.65. The summed E-state index contributed by atoms with van der Waals surface area (Å²) >= 11 is 0. The Morgan fingerprint density at radius 2 is 2.13 bits per heavy atom. The minimum atomic E-state index is -0.713. The summed E-state index contributed by atoms with van der Waals surface area (Å²) in [7, 11) is 0. The lowest BCUT2D eigenvalue weighted by Gasteiger charge is -2.16. The third kappa shape index (κ3) is 1.54. The van der Waals surface area contributed by atoms with Crippen LogP contribution in [-0.4, -0.2) is 19.1 Å². The molecule has 0 saturated carbocycles. The molecule has 1 fully saturated rings. The van der Waals surface area contributed by atoms with Crippen molar-refractivity contribution in [2.45, 2.75) is 6.92 Å². The molecule has 1 N–H and O–H groups in total. The molecule has 0 unspecified atom stereocenters. The van der Waals surface area contributed by atoms with Crippen molar-refractivity contribution >= 4 is 11.7 Å². The Labute approximate surface area is 85.7 Å². The van der Waals surface area contributed by atoms with Crippen molar-refractivity contribution in [3.8, 4) is 0 Å². The van der Waals surface area contributed by atoms with Crippen LogP contribution in [-0.2, 0) is 0 Å². The zero-order chi connectivity index (χ0) is 11.0. The van der Waals surface area contributed by atoms with Gasteiger partial charge in [-0.2, -0.15) is 0 Å². The van der Waals surface area contributed by atoms with E-state index in [1.165, 1.54) is 19.1 Å². The number of hydrogen-bond acceptors (Lipinski definition) is 1. The van der Waals surface area contributed by atoms with E-state index in [9.17, 15) is 13.6 Å². The predicted molar refractivity (Wildman–Crippen MR) is 51.8 cm³/mol.